The van der Waals surface area contributed by atoms with Crippen LogP contribution in [0.1, 0.15) is 6.42 Å². The average Bonchev–Trinajstić information content (AvgIpc) is 2.53. The summed E-state index contributed by atoms with van der Waals surface area (Å²) in [6, 6.07) is 0. The number of Topliss-reactive ketones (excluding diaryl/α,β-unsaturated/α-hetero) is 1. The summed E-state index contributed by atoms with van der Waals surface area (Å²) >= 11 is 0. The fourth-order valence-electron chi connectivity index (χ4n) is 1.17. The van der Waals surface area contributed by atoms with Crippen molar-refractivity contribution in [2.24, 2.45) is 5.92 Å². The lowest BCUT2D eigenvalue weighted by molar-refractivity contribution is -0.176. The standard InChI is InChI=1S/C8H11F3O3/c9-8(10,11)5-14-4-7(12)6-1-2-13-3-6/h6H,1-5H2. The monoisotopic (exact) mass is 212 g/mol. The molecule has 0 bridgehead atoms. The third kappa shape index (κ3) is 4.06. The minimum Gasteiger partial charge on any atom is -0.381 e. The van der Waals surface area contributed by atoms with Gasteiger partial charge in [-0.05, 0) is 6.42 Å². The van der Waals surface area contributed by atoms with Gasteiger partial charge in [0.05, 0.1) is 6.61 Å². The van der Waals surface area contributed by atoms with Gasteiger partial charge >= 0.3 is 6.18 Å². The Kier molecular flexibility index (Phi) is 3.88. The zero-order valence-electron chi connectivity index (χ0n) is 7.47. The Morgan fingerprint density at radius 1 is 1.50 bits per heavy atom. The molecule has 1 saturated heterocycles. The van der Waals surface area contributed by atoms with Crippen LogP contribution in [0.25, 0.3) is 0 Å². The summed E-state index contributed by atoms with van der Waals surface area (Å²) in [7, 11) is 0. The number of alkyl halides is 3. The number of ether oxygens (including phenoxy) is 2. The van der Waals surface area contributed by atoms with E-state index in [-0.39, 0.29) is 11.7 Å². The minimum atomic E-state index is -4.37. The second kappa shape index (κ2) is 4.75. The zero-order valence-corrected chi connectivity index (χ0v) is 7.47. The molecule has 6 heteroatoms. The molecule has 1 rings (SSSR count). The molecule has 1 atom stereocenters. The summed E-state index contributed by atoms with van der Waals surface area (Å²) in [5.41, 5.74) is 0. The molecular weight excluding hydrogens is 201 g/mol. The van der Waals surface area contributed by atoms with E-state index in [0.717, 1.165) is 0 Å². The molecule has 1 aliphatic rings. The van der Waals surface area contributed by atoms with E-state index in [0.29, 0.717) is 19.6 Å². The van der Waals surface area contributed by atoms with Crippen LogP contribution in [-0.4, -0.2) is 38.4 Å². The van der Waals surface area contributed by atoms with Crippen LogP contribution in [0.5, 0.6) is 0 Å². The molecule has 0 aromatic carbocycles. The first kappa shape index (κ1) is 11.5. The van der Waals surface area contributed by atoms with Crippen molar-refractivity contribution in [3.63, 3.8) is 0 Å². The number of hydrogen-bond acceptors (Lipinski definition) is 3. The molecule has 0 N–H and O–H groups in total. The first-order valence-electron chi connectivity index (χ1n) is 4.24. The lowest BCUT2D eigenvalue weighted by Crippen LogP contribution is -2.24. The van der Waals surface area contributed by atoms with Crippen molar-refractivity contribution in [1.29, 1.82) is 0 Å². The summed E-state index contributed by atoms with van der Waals surface area (Å²) in [5, 5.41) is 0. The van der Waals surface area contributed by atoms with Crippen molar-refractivity contribution >= 4 is 5.78 Å². The van der Waals surface area contributed by atoms with Gasteiger partial charge < -0.3 is 9.47 Å². The van der Waals surface area contributed by atoms with Crippen LogP contribution in [0.15, 0.2) is 0 Å². The fourth-order valence-corrected chi connectivity index (χ4v) is 1.17. The smallest absolute Gasteiger partial charge is 0.381 e. The summed E-state index contributed by atoms with van der Waals surface area (Å²) in [5.74, 6) is -0.602. The van der Waals surface area contributed by atoms with Gasteiger partial charge in [0.15, 0.2) is 5.78 Å². The van der Waals surface area contributed by atoms with Crippen LogP contribution < -0.4 is 0 Å². The molecule has 1 aliphatic heterocycles. The fraction of sp³-hybridized carbons (Fsp3) is 0.875. The van der Waals surface area contributed by atoms with Crippen molar-refractivity contribution < 1.29 is 27.4 Å². The largest absolute Gasteiger partial charge is 0.411 e. The van der Waals surface area contributed by atoms with E-state index in [1.54, 1.807) is 0 Å². The van der Waals surface area contributed by atoms with Gasteiger partial charge in [-0.15, -0.1) is 0 Å². The molecule has 82 valence electrons. The van der Waals surface area contributed by atoms with Crippen molar-refractivity contribution in [2.75, 3.05) is 26.4 Å². The SMILES string of the molecule is O=C(COCC(F)(F)F)C1CCOC1. The maximum absolute atomic E-state index is 11.6. The molecule has 0 aromatic rings. The Bertz CT molecular complexity index is 196. The van der Waals surface area contributed by atoms with E-state index in [1.807, 2.05) is 0 Å². The highest BCUT2D eigenvalue weighted by Gasteiger charge is 2.29. The Morgan fingerprint density at radius 3 is 2.71 bits per heavy atom. The summed E-state index contributed by atoms with van der Waals surface area (Å²) in [6.45, 7) is -1.05. The second-order valence-corrected chi connectivity index (χ2v) is 3.13. The Labute approximate surface area is 79.2 Å². The molecule has 1 fully saturated rings. The predicted molar refractivity (Wildman–Crippen MR) is 40.8 cm³/mol. The molecule has 1 heterocycles. The maximum Gasteiger partial charge on any atom is 0.411 e. The lowest BCUT2D eigenvalue weighted by Gasteiger charge is -2.09. The summed E-state index contributed by atoms with van der Waals surface area (Å²) in [6.07, 6.45) is -3.79. The van der Waals surface area contributed by atoms with Crippen LogP contribution in [0.4, 0.5) is 13.2 Å². The van der Waals surface area contributed by atoms with Crippen LogP contribution >= 0.6 is 0 Å². The number of carbonyl (C=O) groups is 1. The topological polar surface area (TPSA) is 35.5 Å². The van der Waals surface area contributed by atoms with Gasteiger partial charge in [-0.1, -0.05) is 0 Å². The molecule has 0 aromatic heterocycles. The number of rotatable bonds is 4. The number of halogens is 3. The summed E-state index contributed by atoms with van der Waals surface area (Å²) in [4.78, 5) is 11.2. The van der Waals surface area contributed by atoms with Gasteiger partial charge in [-0.25, -0.2) is 0 Å². The Morgan fingerprint density at radius 2 is 2.21 bits per heavy atom. The molecule has 0 saturated carbocycles. The van der Waals surface area contributed by atoms with Crippen molar-refractivity contribution in [3.05, 3.63) is 0 Å². The third-order valence-electron chi connectivity index (χ3n) is 1.90. The molecule has 0 radical (unpaired) electrons. The van der Waals surface area contributed by atoms with Crippen molar-refractivity contribution in [3.8, 4) is 0 Å². The normalized spacial score (nSPS) is 22.6. The molecule has 0 spiro atoms. The highest BCUT2D eigenvalue weighted by Crippen LogP contribution is 2.16. The first-order valence-corrected chi connectivity index (χ1v) is 4.24. The molecule has 14 heavy (non-hydrogen) atoms. The van der Waals surface area contributed by atoms with Gasteiger partial charge in [0.2, 0.25) is 0 Å². The molecule has 0 amide bonds. The average molecular weight is 212 g/mol. The van der Waals surface area contributed by atoms with Crippen LogP contribution in [-0.2, 0) is 14.3 Å². The van der Waals surface area contributed by atoms with Gasteiger partial charge in [0.1, 0.15) is 13.2 Å². The highest BCUT2D eigenvalue weighted by molar-refractivity contribution is 5.82. The van der Waals surface area contributed by atoms with E-state index in [1.165, 1.54) is 0 Å². The Hall–Kier alpha value is -0.620. The van der Waals surface area contributed by atoms with E-state index in [9.17, 15) is 18.0 Å². The maximum atomic E-state index is 11.6. The van der Waals surface area contributed by atoms with Crippen LogP contribution in [0.3, 0.4) is 0 Å². The predicted octanol–water partition coefficient (Wildman–Crippen LogP) is 1.17. The molecule has 1 unspecified atom stereocenters. The lowest BCUT2D eigenvalue weighted by atomic mass is 10.0. The summed E-state index contributed by atoms with van der Waals surface area (Å²) < 4.78 is 44.0. The van der Waals surface area contributed by atoms with E-state index in [2.05, 4.69) is 4.74 Å². The first-order chi connectivity index (χ1) is 6.49. The van der Waals surface area contributed by atoms with Gasteiger partial charge in [0, 0.05) is 12.5 Å². The Balaban J connectivity index is 2.15. The van der Waals surface area contributed by atoms with Gasteiger partial charge in [-0.2, -0.15) is 13.2 Å². The zero-order chi connectivity index (χ0) is 10.6. The van der Waals surface area contributed by atoms with Gasteiger partial charge in [0.25, 0.3) is 0 Å². The van der Waals surface area contributed by atoms with Crippen LogP contribution in [0, 0.1) is 5.92 Å². The van der Waals surface area contributed by atoms with E-state index >= 15 is 0 Å². The minimum absolute atomic E-state index is 0.289. The second-order valence-electron chi connectivity index (χ2n) is 3.13. The van der Waals surface area contributed by atoms with Crippen molar-refractivity contribution in [1.82, 2.24) is 0 Å². The number of ketones is 1. The van der Waals surface area contributed by atoms with Crippen LogP contribution in [0.2, 0.25) is 0 Å². The van der Waals surface area contributed by atoms with E-state index < -0.39 is 19.4 Å². The molecule has 3 nitrogen and oxygen atoms in total. The number of carbonyl (C=O) groups excluding carboxylic acids is 1. The van der Waals surface area contributed by atoms with E-state index in [4.69, 9.17) is 4.74 Å². The highest BCUT2D eigenvalue weighted by atomic mass is 19.4. The third-order valence-corrected chi connectivity index (χ3v) is 1.90. The quantitative estimate of drug-likeness (QED) is 0.701. The number of hydrogen-bond donors (Lipinski definition) is 0. The van der Waals surface area contributed by atoms with Crippen molar-refractivity contribution in [2.45, 2.75) is 12.6 Å². The molecular formula is C8H11F3O3. The van der Waals surface area contributed by atoms with Gasteiger partial charge in [-0.3, -0.25) is 4.79 Å². The molecule has 0 aliphatic carbocycles.